The van der Waals surface area contributed by atoms with Gasteiger partial charge in [0.1, 0.15) is 0 Å². The number of likely N-dealkylation sites (tertiary alicyclic amines) is 2. The molecule has 0 saturated carbocycles. The van der Waals surface area contributed by atoms with E-state index in [0.717, 1.165) is 25.3 Å². The fourth-order valence-corrected chi connectivity index (χ4v) is 5.48. The molecule has 3 heteroatoms. The summed E-state index contributed by atoms with van der Waals surface area (Å²) in [6, 6.07) is 1.68. The van der Waals surface area contributed by atoms with E-state index in [1.165, 1.54) is 129 Å². The van der Waals surface area contributed by atoms with Gasteiger partial charge in [-0.3, -0.25) is 0 Å². The molecule has 2 fully saturated rings. The number of rotatable bonds is 16. The summed E-state index contributed by atoms with van der Waals surface area (Å²) in [7, 11) is 0. The molecule has 0 aromatic heterocycles. The second kappa shape index (κ2) is 16.6. The maximum atomic E-state index is 5.91. The largest absolute Gasteiger partial charge is 0.381 e. The first kappa shape index (κ1) is 25.1. The van der Waals surface area contributed by atoms with E-state index in [4.69, 9.17) is 4.74 Å². The molecule has 0 aromatic carbocycles. The van der Waals surface area contributed by atoms with Crippen LogP contribution in [0.15, 0.2) is 0 Å². The van der Waals surface area contributed by atoms with Crippen LogP contribution in [0, 0.1) is 0 Å². The average Bonchev–Trinajstić information content (AvgIpc) is 2.78. The number of ether oxygens (including phenoxy) is 1. The van der Waals surface area contributed by atoms with Gasteiger partial charge in [-0.15, -0.1) is 0 Å². The lowest BCUT2D eigenvalue weighted by molar-refractivity contribution is 0.120. The highest BCUT2D eigenvalue weighted by Gasteiger charge is 2.19. The Morgan fingerprint density at radius 3 is 1.34 bits per heavy atom. The van der Waals surface area contributed by atoms with Gasteiger partial charge in [0.25, 0.3) is 0 Å². The molecular formula is C26H52N2O. The summed E-state index contributed by atoms with van der Waals surface area (Å²) >= 11 is 0. The third-order valence-corrected chi connectivity index (χ3v) is 7.41. The minimum atomic E-state index is 0.841. The van der Waals surface area contributed by atoms with Crippen LogP contribution in [0.4, 0.5) is 0 Å². The Kier molecular flexibility index (Phi) is 14.4. The van der Waals surface area contributed by atoms with Gasteiger partial charge in [0.2, 0.25) is 0 Å². The standard InChI is InChI=1S/C26H52N2O/c1-3-25(27-19-11-7-12-20-27)17-9-5-15-23-29-24-16-6-10-18-26(4-2)28-21-13-8-14-22-28/h25-26H,3-24H2,1-2H3. The highest BCUT2D eigenvalue weighted by molar-refractivity contribution is 4.75. The Labute approximate surface area is 182 Å². The number of unbranched alkanes of at least 4 members (excludes halogenated alkanes) is 4. The van der Waals surface area contributed by atoms with E-state index in [1.54, 1.807) is 0 Å². The van der Waals surface area contributed by atoms with Gasteiger partial charge in [-0.05, 0) is 90.4 Å². The van der Waals surface area contributed by atoms with E-state index < -0.39 is 0 Å². The third-order valence-electron chi connectivity index (χ3n) is 7.41. The molecule has 2 unspecified atom stereocenters. The molecule has 0 bridgehead atoms. The molecule has 2 aliphatic heterocycles. The first-order valence-electron chi connectivity index (χ1n) is 13.4. The Morgan fingerprint density at radius 2 is 0.966 bits per heavy atom. The van der Waals surface area contributed by atoms with E-state index in [0.29, 0.717) is 0 Å². The summed E-state index contributed by atoms with van der Waals surface area (Å²) in [5, 5.41) is 0. The maximum Gasteiger partial charge on any atom is 0.0466 e. The van der Waals surface area contributed by atoms with Crippen molar-refractivity contribution in [3.63, 3.8) is 0 Å². The zero-order valence-electron chi connectivity index (χ0n) is 20.0. The number of nitrogens with zero attached hydrogens (tertiary/aromatic N) is 2. The zero-order valence-corrected chi connectivity index (χ0v) is 20.0. The monoisotopic (exact) mass is 408 g/mol. The molecular weight excluding hydrogens is 356 g/mol. The lowest BCUT2D eigenvalue weighted by atomic mass is 10.0. The fraction of sp³-hybridized carbons (Fsp3) is 1.00. The number of hydrogen-bond acceptors (Lipinski definition) is 3. The van der Waals surface area contributed by atoms with Crippen molar-refractivity contribution in [2.24, 2.45) is 0 Å². The molecule has 2 rings (SSSR count). The lowest BCUT2D eigenvalue weighted by Crippen LogP contribution is -2.38. The highest BCUT2D eigenvalue weighted by atomic mass is 16.5. The molecule has 2 aliphatic rings. The van der Waals surface area contributed by atoms with Crippen LogP contribution in [-0.4, -0.2) is 61.3 Å². The number of piperidine rings is 2. The Balaban J connectivity index is 1.37. The molecule has 0 radical (unpaired) electrons. The van der Waals surface area contributed by atoms with Crippen LogP contribution in [0.25, 0.3) is 0 Å². The van der Waals surface area contributed by atoms with Gasteiger partial charge in [-0.25, -0.2) is 0 Å². The first-order valence-corrected chi connectivity index (χ1v) is 13.4. The second-order valence-corrected chi connectivity index (χ2v) is 9.63. The normalized spacial score (nSPS) is 21.3. The SMILES string of the molecule is CCC(CCCCCOCCCCCC(CC)N1CCCCC1)N1CCCCC1. The van der Waals surface area contributed by atoms with E-state index in [-0.39, 0.29) is 0 Å². The minimum absolute atomic E-state index is 0.841. The van der Waals surface area contributed by atoms with Crippen molar-refractivity contribution < 1.29 is 4.74 Å². The van der Waals surface area contributed by atoms with E-state index in [9.17, 15) is 0 Å². The van der Waals surface area contributed by atoms with Crippen LogP contribution >= 0.6 is 0 Å². The van der Waals surface area contributed by atoms with E-state index in [2.05, 4.69) is 23.6 Å². The molecule has 0 spiro atoms. The summed E-state index contributed by atoms with van der Waals surface area (Å²) in [6.45, 7) is 12.1. The predicted octanol–water partition coefficient (Wildman–Crippen LogP) is 6.65. The summed E-state index contributed by atoms with van der Waals surface area (Å²) < 4.78 is 5.91. The second-order valence-electron chi connectivity index (χ2n) is 9.63. The third kappa shape index (κ3) is 10.6. The smallest absolute Gasteiger partial charge is 0.0466 e. The van der Waals surface area contributed by atoms with Gasteiger partial charge in [-0.2, -0.15) is 0 Å². The van der Waals surface area contributed by atoms with Gasteiger partial charge in [0.05, 0.1) is 0 Å². The number of hydrogen-bond donors (Lipinski definition) is 0. The van der Waals surface area contributed by atoms with E-state index >= 15 is 0 Å². The fourth-order valence-electron chi connectivity index (χ4n) is 5.48. The first-order chi connectivity index (χ1) is 14.3. The van der Waals surface area contributed by atoms with Crippen molar-refractivity contribution in [1.29, 1.82) is 0 Å². The van der Waals surface area contributed by atoms with Crippen molar-refractivity contribution in [2.75, 3.05) is 39.4 Å². The van der Waals surface area contributed by atoms with Gasteiger partial charge in [0.15, 0.2) is 0 Å². The molecule has 0 amide bonds. The summed E-state index contributed by atoms with van der Waals surface area (Å²) in [4.78, 5) is 5.52. The summed E-state index contributed by atoms with van der Waals surface area (Å²) in [5.41, 5.74) is 0. The molecule has 172 valence electrons. The average molecular weight is 409 g/mol. The molecule has 2 atom stereocenters. The highest BCUT2D eigenvalue weighted by Crippen LogP contribution is 2.20. The molecule has 0 aliphatic carbocycles. The van der Waals surface area contributed by atoms with Crippen LogP contribution in [0.2, 0.25) is 0 Å². The van der Waals surface area contributed by atoms with Crippen LogP contribution in [-0.2, 0) is 4.74 Å². The van der Waals surface area contributed by atoms with Crippen molar-refractivity contribution in [3.05, 3.63) is 0 Å². The quantitative estimate of drug-likeness (QED) is 0.266. The van der Waals surface area contributed by atoms with Gasteiger partial charge >= 0.3 is 0 Å². The predicted molar refractivity (Wildman–Crippen MR) is 127 cm³/mol. The van der Waals surface area contributed by atoms with E-state index in [1.807, 2.05) is 0 Å². The Bertz CT molecular complexity index is 330. The van der Waals surface area contributed by atoms with Crippen molar-refractivity contribution in [1.82, 2.24) is 9.80 Å². The summed E-state index contributed by atoms with van der Waals surface area (Å²) in [6.07, 6.45) is 22.0. The molecule has 2 heterocycles. The molecule has 0 aromatic rings. The van der Waals surface area contributed by atoms with Crippen LogP contribution in [0.5, 0.6) is 0 Å². The van der Waals surface area contributed by atoms with Gasteiger partial charge in [-0.1, -0.05) is 52.4 Å². The van der Waals surface area contributed by atoms with Crippen molar-refractivity contribution in [2.45, 2.75) is 129 Å². The Hall–Kier alpha value is -0.120. The lowest BCUT2D eigenvalue weighted by Gasteiger charge is -2.34. The van der Waals surface area contributed by atoms with Crippen LogP contribution in [0.1, 0.15) is 117 Å². The van der Waals surface area contributed by atoms with Gasteiger partial charge < -0.3 is 14.5 Å². The van der Waals surface area contributed by atoms with Crippen LogP contribution in [0.3, 0.4) is 0 Å². The maximum absolute atomic E-state index is 5.91. The topological polar surface area (TPSA) is 15.7 Å². The van der Waals surface area contributed by atoms with Crippen molar-refractivity contribution >= 4 is 0 Å². The molecule has 0 N–H and O–H groups in total. The molecule has 3 nitrogen and oxygen atoms in total. The van der Waals surface area contributed by atoms with Gasteiger partial charge in [0, 0.05) is 25.3 Å². The van der Waals surface area contributed by atoms with Crippen molar-refractivity contribution in [3.8, 4) is 0 Å². The Morgan fingerprint density at radius 1 is 0.552 bits per heavy atom. The molecule has 2 saturated heterocycles. The zero-order chi connectivity index (χ0) is 20.6. The molecule has 29 heavy (non-hydrogen) atoms. The van der Waals surface area contributed by atoms with Crippen LogP contribution < -0.4 is 0 Å². The summed E-state index contributed by atoms with van der Waals surface area (Å²) in [5.74, 6) is 0. The minimum Gasteiger partial charge on any atom is -0.381 e.